The zero-order chi connectivity index (χ0) is 12.0. The van der Waals surface area contributed by atoms with E-state index in [-0.39, 0.29) is 12.0 Å². The Morgan fingerprint density at radius 1 is 1.50 bits per heavy atom. The predicted octanol–water partition coefficient (Wildman–Crippen LogP) is 2.21. The average Bonchev–Trinajstić information content (AvgIpc) is 2.29. The minimum atomic E-state index is -0.707. The summed E-state index contributed by atoms with van der Waals surface area (Å²) in [5.41, 5.74) is 0.488. The summed E-state index contributed by atoms with van der Waals surface area (Å²) in [7, 11) is 1.19. The van der Waals surface area contributed by atoms with Crippen LogP contribution in [0.2, 0.25) is 0 Å². The molecule has 0 unspecified atom stereocenters. The van der Waals surface area contributed by atoms with Crippen LogP contribution in [0.5, 0.6) is 0 Å². The highest BCUT2D eigenvalue weighted by molar-refractivity contribution is 5.89. The Hall–Kier alpha value is -1.97. The molecule has 16 heavy (non-hydrogen) atoms. The van der Waals surface area contributed by atoms with E-state index in [0.29, 0.717) is 5.56 Å². The van der Waals surface area contributed by atoms with E-state index in [9.17, 15) is 14.0 Å². The van der Waals surface area contributed by atoms with E-state index in [1.807, 2.05) is 0 Å². The van der Waals surface area contributed by atoms with Gasteiger partial charge in [-0.15, -0.1) is 0 Å². The molecular formula is C12H11FO3. The molecule has 84 valence electrons. The second-order valence-electron chi connectivity index (χ2n) is 3.04. The van der Waals surface area contributed by atoms with Gasteiger partial charge >= 0.3 is 5.97 Å². The molecule has 0 fully saturated rings. The Bertz CT molecular complexity index is 424. The van der Waals surface area contributed by atoms with E-state index in [0.717, 1.165) is 6.29 Å². The summed E-state index contributed by atoms with van der Waals surface area (Å²) in [6.45, 7) is 0. The van der Waals surface area contributed by atoms with E-state index in [2.05, 4.69) is 4.74 Å². The number of ether oxygens (including phenoxy) is 1. The van der Waals surface area contributed by atoms with Crippen LogP contribution >= 0.6 is 0 Å². The van der Waals surface area contributed by atoms with Gasteiger partial charge in [-0.25, -0.2) is 9.18 Å². The minimum Gasteiger partial charge on any atom is -0.465 e. The van der Waals surface area contributed by atoms with Crippen molar-refractivity contribution in [2.24, 2.45) is 0 Å². The van der Waals surface area contributed by atoms with Crippen LogP contribution in [-0.2, 0) is 9.53 Å². The molecule has 0 bridgehead atoms. The van der Waals surface area contributed by atoms with E-state index in [1.54, 1.807) is 18.2 Å². The van der Waals surface area contributed by atoms with Crippen LogP contribution in [0, 0.1) is 5.82 Å². The second-order valence-corrected chi connectivity index (χ2v) is 3.04. The van der Waals surface area contributed by atoms with Gasteiger partial charge in [0, 0.05) is 6.42 Å². The maximum Gasteiger partial charge on any atom is 0.340 e. The van der Waals surface area contributed by atoms with E-state index in [4.69, 9.17) is 0 Å². The van der Waals surface area contributed by atoms with Gasteiger partial charge in [-0.1, -0.05) is 18.2 Å². The van der Waals surface area contributed by atoms with Gasteiger partial charge in [-0.05, 0) is 17.7 Å². The zero-order valence-electron chi connectivity index (χ0n) is 8.77. The number of halogens is 1. The molecule has 4 heteroatoms. The first-order chi connectivity index (χ1) is 7.69. The topological polar surface area (TPSA) is 43.4 Å². The number of methoxy groups -OCH3 is 1. The highest BCUT2D eigenvalue weighted by atomic mass is 19.1. The van der Waals surface area contributed by atoms with Crippen LogP contribution in [0.4, 0.5) is 4.39 Å². The molecule has 0 amide bonds. The average molecular weight is 222 g/mol. The number of hydrogen-bond acceptors (Lipinski definition) is 3. The van der Waals surface area contributed by atoms with Crippen LogP contribution in [0.25, 0.3) is 6.08 Å². The number of benzene rings is 1. The van der Waals surface area contributed by atoms with Crippen molar-refractivity contribution in [2.75, 3.05) is 7.11 Å². The lowest BCUT2D eigenvalue weighted by Crippen LogP contribution is -2.04. The maximum atomic E-state index is 13.4. The Balaban J connectivity index is 2.90. The van der Waals surface area contributed by atoms with Gasteiger partial charge in [0.1, 0.15) is 12.1 Å². The number of carbonyl (C=O) groups excluding carboxylic acids is 2. The summed E-state index contributed by atoms with van der Waals surface area (Å²) in [6, 6.07) is 4.14. The lowest BCUT2D eigenvalue weighted by atomic mass is 10.1. The summed E-state index contributed by atoms with van der Waals surface area (Å²) < 4.78 is 17.8. The van der Waals surface area contributed by atoms with Gasteiger partial charge in [-0.2, -0.15) is 0 Å². The summed E-state index contributed by atoms with van der Waals surface area (Å²) in [5.74, 6) is -1.35. The number of rotatable bonds is 4. The molecule has 0 N–H and O–H groups in total. The molecule has 1 rings (SSSR count). The first kappa shape index (κ1) is 12.1. The zero-order valence-corrected chi connectivity index (χ0v) is 8.77. The van der Waals surface area contributed by atoms with Gasteiger partial charge < -0.3 is 9.53 Å². The third-order valence-corrected chi connectivity index (χ3v) is 1.94. The second kappa shape index (κ2) is 5.80. The molecule has 0 radical (unpaired) electrons. The van der Waals surface area contributed by atoms with Gasteiger partial charge in [0.05, 0.1) is 12.7 Å². The van der Waals surface area contributed by atoms with E-state index >= 15 is 0 Å². The fourth-order valence-corrected chi connectivity index (χ4v) is 1.17. The van der Waals surface area contributed by atoms with Crippen molar-refractivity contribution in [1.29, 1.82) is 0 Å². The summed E-state index contributed by atoms with van der Waals surface area (Å²) in [4.78, 5) is 21.1. The molecule has 0 saturated carbocycles. The standard InChI is InChI=1S/C12H11FO3/c1-16-12(15)10-6-5-9(8-11(10)13)4-2-3-7-14/h2,4-8H,3H2,1H3. The van der Waals surface area contributed by atoms with Crippen LogP contribution in [-0.4, -0.2) is 19.4 Å². The monoisotopic (exact) mass is 222 g/mol. The number of aldehydes is 1. The molecular weight excluding hydrogens is 211 g/mol. The van der Waals surface area contributed by atoms with E-state index in [1.165, 1.54) is 19.2 Å². The normalized spacial score (nSPS) is 10.4. The highest BCUT2D eigenvalue weighted by Crippen LogP contribution is 2.12. The Kier molecular flexibility index (Phi) is 4.39. The number of hydrogen-bond donors (Lipinski definition) is 0. The molecule has 3 nitrogen and oxygen atoms in total. The van der Waals surface area contributed by atoms with Gasteiger partial charge in [0.2, 0.25) is 0 Å². The lowest BCUT2D eigenvalue weighted by Gasteiger charge is -2.01. The largest absolute Gasteiger partial charge is 0.465 e. The molecule has 0 saturated heterocycles. The molecule has 1 aromatic rings. The van der Waals surface area contributed by atoms with E-state index < -0.39 is 11.8 Å². The predicted molar refractivity (Wildman–Crippen MR) is 57.5 cm³/mol. The minimum absolute atomic E-state index is 0.102. The Morgan fingerprint density at radius 2 is 2.25 bits per heavy atom. The van der Waals surface area contributed by atoms with Crippen LogP contribution in [0.3, 0.4) is 0 Å². The van der Waals surface area contributed by atoms with Crippen molar-refractivity contribution in [3.05, 3.63) is 41.2 Å². The smallest absolute Gasteiger partial charge is 0.340 e. The lowest BCUT2D eigenvalue weighted by molar-refractivity contribution is -0.107. The number of carbonyl (C=O) groups is 2. The van der Waals surface area contributed by atoms with Crippen molar-refractivity contribution in [2.45, 2.75) is 6.42 Å². The van der Waals surface area contributed by atoms with Gasteiger partial charge in [0.25, 0.3) is 0 Å². The summed E-state index contributed by atoms with van der Waals surface area (Å²) >= 11 is 0. The molecule has 0 heterocycles. The maximum absolute atomic E-state index is 13.4. The molecule has 1 aromatic carbocycles. The molecule has 0 aliphatic heterocycles. The number of esters is 1. The van der Waals surface area contributed by atoms with Crippen LogP contribution in [0.15, 0.2) is 24.3 Å². The molecule has 0 aliphatic rings. The fraction of sp³-hybridized carbons (Fsp3) is 0.167. The molecule has 0 aliphatic carbocycles. The Labute approximate surface area is 92.5 Å². The van der Waals surface area contributed by atoms with Crippen molar-refractivity contribution in [1.82, 2.24) is 0 Å². The van der Waals surface area contributed by atoms with Crippen molar-refractivity contribution in [3.63, 3.8) is 0 Å². The summed E-state index contributed by atoms with van der Waals surface area (Å²) in [6.07, 6.45) is 4.24. The van der Waals surface area contributed by atoms with Crippen LogP contribution in [0.1, 0.15) is 22.3 Å². The van der Waals surface area contributed by atoms with Crippen molar-refractivity contribution >= 4 is 18.3 Å². The Morgan fingerprint density at radius 3 is 2.81 bits per heavy atom. The van der Waals surface area contributed by atoms with Crippen molar-refractivity contribution < 1.29 is 18.7 Å². The third-order valence-electron chi connectivity index (χ3n) is 1.94. The van der Waals surface area contributed by atoms with Gasteiger partial charge in [0.15, 0.2) is 0 Å². The SMILES string of the molecule is COC(=O)c1ccc(C=CCC=O)cc1F. The number of allylic oxidation sites excluding steroid dienone is 1. The first-order valence-corrected chi connectivity index (χ1v) is 4.67. The van der Waals surface area contributed by atoms with Gasteiger partial charge in [-0.3, -0.25) is 0 Å². The third kappa shape index (κ3) is 3.02. The molecule has 0 atom stereocenters. The first-order valence-electron chi connectivity index (χ1n) is 4.67. The fourth-order valence-electron chi connectivity index (χ4n) is 1.17. The van der Waals surface area contributed by atoms with Crippen LogP contribution < -0.4 is 0 Å². The summed E-state index contributed by atoms with van der Waals surface area (Å²) in [5, 5.41) is 0. The quantitative estimate of drug-likeness (QED) is 0.579. The van der Waals surface area contributed by atoms with Crippen molar-refractivity contribution in [3.8, 4) is 0 Å². The molecule has 0 aromatic heterocycles. The molecule has 0 spiro atoms. The highest BCUT2D eigenvalue weighted by Gasteiger charge is 2.11.